The summed E-state index contributed by atoms with van der Waals surface area (Å²) in [6.45, 7) is 6.03. The van der Waals surface area contributed by atoms with Crippen molar-refractivity contribution < 1.29 is 9.53 Å². The van der Waals surface area contributed by atoms with Crippen molar-refractivity contribution in [1.82, 2.24) is 5.43 Å². The first kappa shape index (κ1) is 22.6. The molecule has 3 rings (SSSR count). The van der Waals surface area contributed by atoms with E-state index in [1.165, 1.54) is 0 Å². The molecular formula is C26H26N4O2. The van der Waals surface area contributed by atoms with Gasteiger partial charge in [-0.3, -0.25) is 4.79 Å². The van der Waals surface area contributed by atoms with Crippen LogP contribution in [0.25, 0.3) is 11.1 Å². The van der Waals surface area contributed by atoms with Crippen LogP contribution < -0.4 is 15.1 Å². The average molecular weight is 427 g/mol. The first-order valence-electron chi connectivity index (χ1n) is 10.5. The van der Waals surface area contributed by atoms with E-state index in [-0.39, 0.29) is 12.5 Å². The van der Waals surface area contributed by atoms with Gasteiger partial charge in [-0.15, -0.1) is 0 Å². The number of hydrogen-bond donors (Lipinski definition) is 1. The molecule has 162 valence electrons. The number of nitrogens with zero attached hydrogens (tertiary/aromatic N) is 3. The van der Waals surface area contributed by atoms with E-state index in [0.717, 1.165) is 35.5 Å². The van der Waals surface area contributed by atoms with Crippen molar-refractivity contribution in [2.45, 2.75) is 13.8 Å². The number of hydrazone groups is 1. The van der Waals surface area contributed by atoms with Crippen LogP contribution in [0.4, 0.5) is 5.69 Å². The molecule has 0 saturated heterocycles. The molecule has 1 N–H and O–H groups in total. The molecule has 0 unspecified atom stereocenters. The third-order valence-corrected chi connectivity index (χ3v) is 5.00. The number of rotatable bonds is 9. The number of nitrogens with one attached hydrogen (secondary N) is 1. The van der Waals surface area contributed by atoms with Gasteiger partial charge >= 0.3 is 0 Å². The molecule has 0 saturated carbocycles. The molecule has 3 aromatic rings. The number of nitriles is 1. The summed E-state index contributed by atoms with van der Waals surface area (Å²) >= 11 is 0. The van der Waals surface area contributed by atoms with E-state index in [0.29, 0.717) is 11.3 Å². The molecule has 1 amide bonds. The van der Waals surface area contributed by atoms with Gasteiger partial charge in [0.1, 0.15) is 5.75 Å². The van der Waals surface area contributed by atoms with Crippen molar-refractivity contribution in [3.05, 3.63) is 83.9 Å². The Morgan fingerprint density at radius 3 is 2.12 bits per heavy atom. The maximum absolute atomic E-state index is 12.0. The summed E-state index contributed by atoms with van der Waals surface area (Å²) in [5, 5.41) is 12.9. The van der Waals surface area contributed by atoms with Gasteiger partial charge in [-0.05, 0) is 66.9 Å². The van der Waals surface area contributed by atoms with Gasteiger partial charge in [0.25, 0.3) is 5.91 Å². The van der Waals surface area contributed by atoms with Crippen molar-refractivity contribution in [2.75, 3.05) is 24.6 Å². The van der Waals surface area contributed by atoms with Gasteiger partial charge in [-0.25, -0.2) is 5.43 Å². The van der Waals surface area contributed by atoms with E-state index in [9.17, 15) is 4.79 Å². The molecule has 0 aliphatic rings. The lowest BCUT2D eigenvalue weighted by Crippen LogP contribution is -2.24. The zero-order valence-corrected chi connectivity index (χ0v) is 18.3. The Bertz CT molecular complexity index is 1080. The first-order valence-corrected chi connectivity index (χ1v) is 10.5. The van der Waals surface area contributed by atoms with Crippen molar-refractivity contribution in [1.29, 1.82) is 5.26 Å². The van der Waals surface area contributed by atoms with Crippen LogP contribution in [0.2, 0.25) is 0 Å². The molecule has 0 aliphatic carbocycles. The Hall–Kier alpha value is -4.11. The van der Waals surface area contributed by atoms with Crippen LogP contribution in [-0.2, 0) is 4.79 Å². The summed E-state index contributed by atoms with van der Waals surface area (Å²) in [4.78, 5) is 14.3. The summed E-state index contributed by atoms with van der Waals surface area (Å²) in [5.41, 5.74) is 7.18. The van der Waals surface area contributed by atoms with Crippen LogP contribution in [0, 0.1) is 11.3 Å². The Balaban J connectivity index is 1.46. The third-order valence-electron chi connectivity index (χ3n) is 5.00. The lowest BCUT2D eigenvalue weighted by atomic mass is 10.0. The minimum Gasteiger partial charge on any atom is -0.484 e. The van der Waals surface area contributed by atoms with Crippen LogP contribution in [0.1, 0.15) is 25.0 Å². The van der Waals surface area contributed by atoms with E-state index in [1.54, 1.807) is 18.3 Å². The zero-order chi connectivity index (χ0) is 22.8. The second-order valence-corrected chi connectivity index (χ2v) is 7.06. The van der Waals surface area contributed by atoms with Gasteiger partial charge in [0, 0.05) is 18.8 Å². The number of amides is 1. The molecule has 0 bridgehead atoms. The number of benzene rings is 3. The summed E-state index contributed by atoms with van der Waals surface area (Å²) < 4.78 is 5.53. The molecule has 0 fully saturated rings. The first-order chi connectivity index (χ1) is 15.6. The van der Waals surface area contributed by atoms with Crippen molar-refractivity contribution in [3.8, 4) is 22.9 Å². The van der Waals surface area contributed by atoms with Crippen LogP contribution in [0.3, 0.4) is 0 Å². The molecule has 0 aliphatic heterocycles. The third kappa shape index (κ3) is 6.19. The molecule has 0 radical (unpaired) electrons. The molecule has 3 aromatic carbocycles. The van der Waals surface area contributed by atoms with Crippen LogP contribution >= 0.6 is 0 Å². The SMILES string of the molecule is CCN(CC)c1ccc(/C=N/NC(=O)COc2ccc(-c3ccc(C#N)cc3)cc2)cc1. The van der Waals surface area contributed by atoms with Crippen molar-refractivity contribution >= 4 is 17.8 Å². The Labute approximate surface area is 188 Å². The maximum Gasteiger partial charge on any atom is 0.277 e. The van der Waals surface area contributed by atoms with E-state index < -0.39 is 0 Å². The second kappa shape index (κ2) is 11.3. The zero-order valence-electron chi connectivity index (χ0n) is 18.3. The van der Waals surface area contributed by atoms with Crippen LogP contribution in [0.5, 0.6) is 5.75 Å². The lowest BCUT2D eigenvalue weighted by molar-refractivity contribution is -0.123. The molecule has 6 nitrogen and oxygen atoms in total. The standard InChI is InChI=1S/C26H26N4O2/c1-3-30(4-2)24-13-7-21(8-14-24)18-28-29-26(31)19-32-25-15-11-23(12-16-25)22-9-5-20(17-27)6-10-22/h5-16,18H,3-4,19H2,1-2H3,(H,29,31)/b28-18+. The second-order valence-electron chi connectivity index (χ2n) is 7.06. The van der Waals surface area contributed by atoms with Gasteiger partial charge in [0.2, 0.25) is 0 Å². The maximum atomic E-state index is 12.0. The number of carbonyl (C=O) groups excluding carboxylic acids is 1. The van der Waals surface area contributed by atoms with Gasteiger partial charge < -0.3 is 9.64 Å². The molecule has 0 aromatic heterocycles. The smallest absolute Gasteiger partial charge is 0.277 e. The summed E-state index contributed by atoms with van der Waals surface area (Å²) in [6, 6.07) is 24.9. The quantitative estimate of drug-likeness (QED) is 0.401. The molecule has 6 heteroatoms. The molecule has 0 atom stereocenters. The highest BCUT2D eigenvalue weighted by Gasteiger charge is 2.04. The van der Waals surface area contributed by atoms with E-state index in [2.05, 4.69) is 35.3 Å². The van der Waals surface area contributed by atoms with E-state index in [1.807, 2.05) is 60.7 Å². The highest BCUT2D eigenvalue weighted by atomic mass is 16.5. The number of carbonyl (C=O) groups is 1. The number of anilines is 1. The lowest BCUT2D eigenvalue weighted by Gasteiger charge is -2.20. The summed E-state index contributed by atoms with van der Waals surface area (Å²) in [6.07, 6.45) is 1.61. The highest BCUT2D eigenvalue weighted by Crippen LogP contribution is 2.22. The molecule has 0 spiro atoms. The summed E-state index contributed by atoms with van der Waals surface area (Å²) in [7, 11) is 0. The Morgan fingerprint density at radius 1 is 0.969 bits per heavy atom. The topological polar surface area (TPSA) is 77.7 Å². The Kier molecular flexibility index (Phi) is 7.99. The fourth-order valence-corrected chi connectivity index (χ4v) is 3.20. The minimum atomic E-state index is -0.336. The normalized spacial score (nSPS) is 10.5. The van der Waals surface area contributed by atoms with Crippen LogP contribution in [-0.4, -0.2) is 31.8 Å². The van der Waals surface area contributed by atoms with Gasteiger partial charge in [0.05, 0.1) is 17.8 Å². The molecule has 32 heavy (non-hydrogen) atoms. The average Bonchev–Trinajstić information content (AvgIpc) is 2.85. The highest BCUT2D eigenvalue weighted by molar-refractivity contribution is 5.83. The van der Waals surface area contributed by atoms with Crippen molar-refractivity contribution in [2.24, 2.45) is 5.10 Å². The predicted molar refractivity (Wildman–Crippen MR) is 128 cm³/mol. The van der Waals surface area contributed by atoms with Crippen LogP contribution in [0.15, 0.2) is 77.9 Å². The number of hydrogen-bond acceptors (Lipinski definition) is 5. The molecule has 0 heterocycles. The van der Waals surface area contributed by atoms with Gasteiger partial charge in [-0.2, -0.15) is 10.4 Å². The predicted octanol–water partition coefficient (Wildman–Crippen LogP) is 4.60. The minimum absolute atomic E-state index is 0.131. The number of ether oxygens (including phenoxy) is 1. The monoisotopic (exact) mass is 426 g/mol. The fraction of sp³-hybridized carbons (Fsp3) is 0.192. The largest absolute Gasteiger partial charge is 0.484 e. The van der Waals surface area contributed by atoms with E-state index in [4.69, 9.17) is 10.00 Å². The fourth-order valence-electron chi connectivity index (χ4n) is 3.20. The van der Waals surface area contributed by atoms with E-state index >= 15 is 0 Å². The van der Waals surface area contributed by atoms with Gasteiger partial charge in [0.15, 0.2) is 6.61 Å². The Morgan fingerprint density at radius 2 is 1.56 bits per heavy atom. The molecular weight excluding hydrogens is 400 g/mol. The van der Waals surface area contributed by atoms with Gasteiger partial charge in [-0.1, -0.05) is 36.4 Å². The van der Waals surface area contributed by atoms with Crippen molar-refractivity contribution in [3.63, 3.8) is 0 Å². The summed E-state index contributed by atoms with van der Waals surface area (Å²) in [5.74, 6) is 0.255.